The Morgan fingerprint density at radius 2 is 2.00 bits per heavy atom. The quantitative estimate of drug-likeness (QED) is 0.527. The van der Waals surface area contributed by atoms with Crippen molar-refractivity contribution in [2.24, 2.45) is 0 Å². The highest BCUT2D eigenvalue weighted by Gasteiger charge is 2.48. The number of fused-ring (bicyclic) bond motifs is 1. The van der Waals surface area contributed by atoms with Crippen molar-refractivity contribution in [2.45, 2.75) is 24.4 Å². The zero-order valence-electron chi connectivity index (χ0n) is 6.75. The minimum absolute atomic E-state index is 0.151. The van der Waals surface area contributed by atoms with Crippen molar-refractivity contribution in [1.29, 1.82) is 0 Å². The van der Waals surface area contributed by atoms with Gasteiger partial charge in [-0.25, -0.2) is 4.79 Å². The molecule has 2 aliphatic heterocycles. The molecule has 2 fully saturated rings. The van der Waals surface area contributed by atoms with E-state index in [1.165, 1.54) is 0 Å². The molecule has 2 aliphatic rings. The molecule has 74 valence electrons. The molecular formula is C7H10O6. The van der Waals surface area contributed by atoms with Crippen LogP contribution in [0, 0.1) is 0 Å². The van der Waals surface area contributed by atoms with Crippen LogP contribution in [0.1, 0.15) is 0 Å². The summed E-state index contributed by atoms with van der Waals surface area (Å²) in [6.07, 6.45) is -3.53. The van der Waals surface area contributed by atoms with Crippen molar-refractivity contribution < 1.29 is 29.2 Å². The van der Waals surface area contributed by atoms with Gasteiger partial charge in [-0.1, -0.05) is 0 Å². The van der Waals surface area contributed by atoms with Gasteiger partial charge >= 0.3 is 6.16 Å². The van der Waals surface area contributed by atoms with Crippen LogP contribution >= 0.6 is 0 Å². The molecule has 0 unspecified atom stereocenters. The molecule has 13 heavy (non-hydrogen) atoms. The van der Waals surface area contributed by atoms with Crippen LogP contribution in [0.2, 0.25) is 0 Å². The van der Waals surface area contributed by atoms with E-state index in [1.54, 1.807) is 0 Å². The fraction of sp³-hybridized carbons (Fsp3) is 0.857. The van der Waals surface area contributed by atoms with Crippen LogP contribution < -0.4 is 0 Å². The van der Waals surface area contributed by atoms with E-state index in [0.717, 1.165) is 0 Å². The first kappa shape index (κ1) is 8.74. The molecule has 6 nitrogen and oxygen atoms in total. The van der Waals surface area contributed by atoms with Crippen LogP contribution in [0.25, 0.3) is 0 Å². The first-order valence-electron chi connectivity index (χ1n) is 3.99. The zero-order chi connectivity index (χ0) is 9.42. The van der Waals surface area contributed by atoms with E-state index in [4.69, 9.17) is 14.6 Å². The molecule has 2 rings (SSSR count). The molecule has 0 aromatic carbocycles. The largest absolute Gasteiger partial charge is 0.506 e. The molecule has 4 atom stereocenters. The van der Waals surface area contributed by atoms with Crippen LogP contribution in [-0.2, 0) is 14.2 Å². The maximum atomic E-state index is 10.2. The number of ether oxygens (including phenoxy) is 3. The van der Waals surface area contributed by atoms with Crippen molar-refractivity contribution in [3.63, 3.8) is 0 Å². The highest BCUT2D eigenvalue weighted by Crippen LogP contribution is 2.28. The Balaban J connectivity index is 1.98. The molecule has 0 aromatic rings. The number of hydrogen-bond acceptors (Lipinski definition) is 5. The van der Waals surface area contributed by atoms with Gasteiger partial charge in [0, 0.05) is 0 Å². The lowest BCUT2D eigenvalue weighted by molar-refractivity contribution is -0.0214. The van der Waals surface area contributed by atoms with Crippen molar-refractivity contribution in [3.8, 4) is 0 Å². The Morgan fingerprint density at radius 1 is 1.31 bits per heavy atom. The predicted molar refractivity (Wildman–Crippen MR) is 38.4 cm³/mol. The summed E-state index contributed by atoms with van der Waals surface area (Å²) >= 11 is 0. The van der Waals surface area contributed by atoms with Gasteiger partial charge in [0.1, 0.15) is 18.3 Å². The average Bonchev–Trinajstić information content (AvgIpc) is 2.56. The summed E-state index contributed by atoms with van der Waals surface area (Å²) in [4.78, 5) is 10.2. The van der Waals surface area contributed by atoms with Gasteiger partial charge in [-0.3, -0.25) is 0 Å². The van der Waals surface area contributed by atoms with Gasteiger partial charge in [0.25, 0.3) is 0 Å². The first-order chi connectivity index (χ1) is 6.18. The Labute approximate surface area is 74.0 Å². The van der Waals surface area contributed by atoms with Crippen LogP contribution in [-0.4, -0.2) is 54.0 Å². The van der Waals surface area contributed by atoms with E-state index in [1.807, 2.05) is 0 Å². The Morgan fingerprint density at radius 3 is 2.69 bits per heavy atom. The molecule has 2 heterocycles. The van der Waals surface area contributed by atoms with E-state index in [-0.39, 0.29) is 13.2 Å². The third-order valence-corrected chi connectivity index (χ3v) is 2.23. The number of aliphatic hydroxyl groups excluding tert-OH is 1. The molecule has 0 aromatic heterocycles. The summed E-state index contributed by atoms with van der Waals surface area (Å²) in [6.45, 7) is 0.327. The third-order valence-electron chi connectivity index (χ3n) is 2.23. The van der Waals surface area contributed by atoms with Crippen LogP contribution in [0.4, 0.5) is 4.79 Å². The van der Waals surface area contributed by atoms with Crippen molar-refractivity contribution in [3.05, 3.63) is 0 Å². The van der Waals surface area contributed by atoms with Crippen molar-refractivity contribution >= 4 is 6.16 Å². The zero-order valence-corrected chi connectivity index (χ0v) is 6.75. The van der Waals surface area contributed by atoms with Crippen molar-refractivity contribution in [1.82, 2.24) is 0 Å². The molecule has 2 N–H and O–H groups in total. The summed E-state index contributed by atoms with van der Waals surface area (Å²) in [7, 11) is 0. The van der Waals surface area contributed by atoms with E-state index in [2.05, 4.69) is 4.74 Å². The van der Waals surface area contributed by atoms with Gasteiger partial charge < -0.3 is 24.4 Å². The lowest BCUT2D eigenvalue weighted by Gasteiger charge is -2.13. The number of carboxylic acid groups (broad SMARTS) is 1. The summed E-state index contributed by atoms with van der Waals surface area (Å²) in [5.41, 5.74) is 0. The van der Waals surface area contributed by atoms with Crippen LogP contribution in [0.5, 0.6) is 0 Å². The molecule has 0 radical (unpaired) electrons. The summed E-state index contributed by atoms with van der Waals surface area (Å²) < 4.78 is 14.8. The molecule has 0 saturated carbocycles. The van der Waals surface area contributed by atoms with Crippen LogP contribution in [0.15, 0.2) is 0 Å². The van der Waals surface area contributed by atoms with Crippen molar-refractivity contribution in [2.75, 3.05) is 13.2 Å². The van der Waals surface area contributed by atoms with Gasteiger partial charge in [-0.15, -0.1) is 0 Å². The number of rotatable bonds is 1. The van der Waals surface area contributed by atoms with Gasteiger partial charge in [-0.05, 0) is 0 Å². The fourth-order valence-corrected chi connectivity index (χ4v) is 1.67. The molecule has 0 bridgehead atoms. The summed E-state index contributed by atoms with van der Waals surface area (Å²) in [5, 5.41) is 17.7. The first-order valence-corrected chi connectivity index (χ1v) is 3.99. The monoisotopic (exact) mass is 190 g/mol. The minimum Gasteiger partial charge on any atom is -0.450 e. The molecule has 0 spiro atoms. The molecular weight excluding hydrogens is 180 g/mol. The van der Waals surface area contributed by atoms with Gasteiger partial charge in [-0.2, -0.15) is 0 Å². The summed E-state index contributed by atoms with van der Waals surface area (Å²) in [6, 6.07) is 0. The smallest absolute Gasteiger partial charge is 0.450 e. The maximum Gasteiger partial charge on any atom is 0.506 e. The van der Waals surface area contributed by atoms with E-state index >= 15 is 0 Å². The Bertz CT molecular complexity index is 217. The Hall–Kier alpha value is -0.850. The number of carbonyl (C=O) groups is 1. The fourth-order valence-electron chi connectivity index (χ4n) is 1.67. The lowest BCUT2D eigenvalue weighted by Crippen LogP contribution is -2.33. The molecule has 0 aliphatic carbocycles. The maximum absolute atomic E-state index is 10.2. The predicted octanol–water partition coefficient (Wildman–Crippen LogP) is -0.792. The third kappa shape index (κ3) is 1.48. The van der Waals surface area contributed by atoms with Gasteiger partial charge in [0.05, 0.1) is 13.2 Å². The molecule has 6 heteroatoms. The normalized spacial score (nSPS) is 43.2. The number of hydrogen-bond donors (Lipinski definition) is 2. The highest BCUT2D eigenvalue weighted by atomic mass is 16.7. The second kappa shape index (κ2) is 3.13. The minimum atomic E-state index is -1.35. The molecule has 2 saturated heterocycles. The van der Waals surface area contributed by atoms with Crippen LogP contribution in [0.3, 0.4) is 0 Å². The summed E-state index contributed by atoms with van der Waals surface area (Å²) in [5.74, 6) is 0. The number of aliphatic hydroxyl groups is 1. The van der Waals surface area contributed by atoms with E-state index in [0.29, 0.717) is 0 Å². The molecule has 0 amide bonds. The highest BCUT2D eigenvalue weighted by molar-refractivity contribution is 5.57. The second-order valence-corrected chi connectivity index (χ2v) is 3.09. The van der Waals surface area contributed by atoms with E-state index in [9.17, 15) is 9.90 Å². The SMILES string of the molecule is O=C(O)O[C@@H]1CO[C@H]2[C@@H]1OC[C@@H]2O. The topological polar surface area (TPSA) is 85.2 Å². The van der Waals surface area contributed by atoms with Gasteiger partial charge in [0.2, 0.25) is 0 Å². The van der Waals surface area contributed by atoms with Gasteiger partial charge in [0.15, 0.2) is 6.10 Å². The lowest BCUT2D eigenvalue weighted by atomic mass is 10.1. The standard InChI is InChI=1S/C7H10O6/c8-3-1-11-6-4(13-7(9)10)2-12-5(3)6/h3-6,8H,1-2H2,(H,9,10)/t3-,4+,5+,6+/m0/s1. The van der Waals surface area contributed by atoms with E-state index < -0.39 is 30.6 Å². The Kier molecular flexibility index (Phi) is 2.10. The second-order valence-electron chi connectivity index (χ2n) is 3.09. The average molecular weight is 190 g/mol.